The van der Waals surface area contributed by atoms with Crippen LogP contribution in [0.5, 0.6) is 0 Å². The number of nitrogens with one attached hydrogen (secondary N) is 1. The summed E-state index contributed by atoms with van der Waals surface area (Å²) >= 11 is 0. The minimum atomic E-state index is -0.536. The summed E-state index contributed by atoms with van der Waals surface area (Å²) in [7, 11) is 0. The number of piperazine rings is 1. The molecule has 9 heteroatoms. The molecule has 1 aliphatic rings. The highest BCUT2D eigenvalue weighted by molar-refractivity contribution is 5.76. The van der Waals surface area contributed by atoms with E-state index in [1.807, 2.05) is 63.8 Å². The Balaban J connectivity index is 1.70. The second kappa shape index (κ2) is 13.9. The fourth-order valence-corrected chi connectivity index (χ4v) is 3.60. The molecule has 1 saturated heterocycles. The number of unbranched alkanes of at least 4 members (excludes halogenated alkanes) is 1. The third kappa shape index (κ3) is 10.5. The maximum Gasteiger partial charge on any atom is 0.408 e. The molecule has 0 saturated carbocycles. The van der Waals surface area contributed by atoms with Crippen LogP contribution in [0.4, 0.5) is 10.5 Å². The molecule has 0 spiro atoms. The van der Waals surface area contributed by atoms with Gasteiger partial charge in [-0.3, -0.25) is 4.79 Å². The van der Waals surface area contributed by atoms with E-state index in [1.165, 1.54) is 0 Å². The summed E-state index contributed by atoms with van der Waals surface area (Å²) in [5, 5.41) is 2.85. The van der Waals surface area contributed by atoms with Crippen molar-refractivity contribution < 1.29 is 28.6 Å². The van der Waals surface area contributed by atoms with Crippen LogP contribution < -0.4 is 10.2 Å². The molecule has 196 valence electrons. The van der Waals surface area contributed by atoms with Crippen molar-refractivity contribution in [3.8, 4) is 0 Å². The Morgan fingerprint density at radius 2 is 1.69 bits per heavy atom. The minimum absolute atomic E-state index is 0.0291. The Kier molecular flexibility index (Phi) is 11.3. The Hall–Kier alpha value is -2.81. The van der Waals surface area contributed by atoms with Crippen molar-refractivity contribution in [2.45, 2.75) is 65.5 Å². The van der Waals surface area contributed by atoms with Crippen LogP contribution in [0.15, 0.2) is 24.3 Å². The van der Waals surface area contributed by atoms with E-state index >= 15 is 0 Å². The number of hydrogen-bond donors (Lipinski definition) is 1. The van der Waals surface area contributed by atoms with E-state index in [9.17, 15) is 14.4 Å². The smallest absolute Gasteiger partial charge is 0.408 e. The highest BCUT2D eigenvalue weighted by atomic mass is 16.6. The topological polar surface area (TPSA) is 97.4 Å². The Morgan fingerprint density at radius 1 is 1.03 bits per heavy atom. The van der Waals surface area contributed by atoms with Crippen molar-refractivity contribution in [3.63, 3.8) is 0 Å². The van der Waals surface area contributed by atoms with E-state index in [0.717, 1.165) is 37.2 Å². The number of anilines is 1. The van der Waals surface area contributed by atoms with Gasteiger partial charge in [-0.05, 0) is 51.8 Å². The highest BCUT2D eigenvalue weighted by Gasteiger charge is 2.22. The molecule has 2 rings (SSSR count). The molecule has 1 heterocycles. The lowest BCUT2D eigenvalue weighted by Crippen LogP contribution is -2.49. The zero-order valence-corrected chi connectivity index (χ0v) is 21.8. The highest BCUT2D eigenvalue weighted by Crippen LogP contribution is 2.21. The van der Waals surface area contributed by atoms with E-state index in [2.05, 4.69) is 10.2 Å². The lowest BCUT2D eigenvalue weighted by Gasteiger charge is -2.36. The zero-order valence-electron chi connectivity index (χ0n) is 21.8. The van der Waals surface area contributed by atoms with Crippen LogP contribution in [0.25, 0.3) is 0 Å². The average Bonchev–Trinajstić information content (AvgIpc) is 2.81. The number of nitrogens with zero attached hydrogens (tertiary/aromatic N) is 2. The van der Waals surface area contributed by atoms with Crippen LogP contribution in [-0.4, -0.2) is 74.5 Å². The van der Waals surface area contributed by atoms with Gasteiger partial charge in [0.25, 0.3) is 0 Å². The van der Waals surface area contributed by atoms with Gasteiger partial charge in [-0.15, -0.1) is 0 Å². The van der Waals surface area contributed by atoms with Gasteiger partial charge < -0.3 is 29.3 Å². The van der Waals surface area contributed by atoms with E-state index in [-0.39, 0.29) is 37.6 Å². The van der Waals surface area contributed by atoms with E-state index in [4.69, 9.17) is 14.2 Å². The predicted molar refractivity (Wildman–Crippen MR) is 134 cm³/mol. The molecular formula is C26H41N3O6. The number of ether oxygens (including phenoxy) is 3. The van der Waals surface area contributed by atoms with Crippen LogP contribution >= 0.6 is 0 Å². The van der Waals surface area contributed by atoms with Crippen molar-refractivity contribution in [2.24, 2.45) is 0 Å². The minimum Gasteiger partial charge on any atom is -0.464 e. The molecule has 0 unspecified atom stereocenters. The third-order valence-corrected chi connectivity index (χ3v) is 5.56. The number of benzene rings is 1. The molecule has 35 heavy (non-hydrogen) atoms. The molecule has 9 nitrogen and oxygen atoms in total. The van der Waals surface area contributed by atoms with Gasteiger partial charge in [0.1, 0.15) is 12.2 Å². The second-order valence-electron chi connectivity index (χ2n) is 9.70. The van der Waals surface area contributed by atoms with Crippen molar-refractivity contribution >= 4 is 23.7 Å². The average molecular weight is 492 g/mol. The first-order valence-electron chi connectivity index (χ1n) is 12.4. The summed E-state index contributed by atoms with van der Waals surface area (Å²) in [5.74, 6) is -0.359. The maximum atomic E-state index is 12.5. The first-order valence-corrected chi connectivity index (χ1v) is 12.4. The van der Waals surface area contributed by atoms with E-state index in [1.54, 1.807) is 0 Å². The summed E-state index contributed by atoms with van der Waals surface area (Å²) in [6, 6.07) is 7.90. The van der Waals surface area contributed by atoms with Gasteiger partial charge in [0.15, 0.2) is 0 Å². The Labute approximate surface area is 209 Å². The fourth-order valence-electron chi connectivity index (χ4n) is 3.60. The van der Waals surface area contributed by atoms with Gasteiger partial charge in [0, 0.05) is 31.9 Å². The number of esters is 1. The van der Waals surface area contributed by atoms with Crippen LogP contribution in [0.2, 0.25) is 0 Å². The number of alkyl carbamates (subject to hydrolysis) is 1. The molecule has 2 amide bonds. The van der Waals surface area contributed by atoms with Gasteiger partial charge in [-0.2, -0.15) is 0 Å². The van der Waals surface area contributed by atoms with Gasteiger partial charge in [0.05, 0.1) is 25.7 Å². The zero-order chi connectivity index (χ0) is 25.8. The van der Waals surface area contributed by atoms with Crippen molar-refractivity contribution in [1.82, 2.24) is 10.2 Å². The largest absolute Gasteiger partial charge is 0.464 e. The van der Waals surface area contributed by atoms with Crippen LogP contribution in [0.1, 0.15) is 65.5 Å². The standard InChI is InChI=1S/C26H41N3O6/c1-6-7-17-34-24(31)19-33-18-12-23(30)29-15-13-28(14-16-29)22-10-8-21(9-11-22)20(2)27-25(32)35-26(3,4)5/h8-11,20H,6-7,12-19H2,1-5H3,(H,27,32)/t20-/m0/s1. The van der Waals surface area contributed by atoms with Gasteiger partial charge in [0.2, 0.25) is 5.91 Å². The third-order valence-electron chi connectivity index (χ3n) is 5.56. The first kappa shape index (κ1) is 28.4. The molecule has 1 fully saturated rings. The Bertz CT molecular complexity index is 813. The van der Waals surface area contributed by atoms with Crippen LogP contribution in [-0.2, 0) is 23.8 Å². The molecule has 0 aliphatic carbocycles. The Morgan fingerprint density at radius 3 is 2.29 bits per heavy atom. The van der Waals surface area contributed by atoms with Gasteiger partial charge >= 0.3 is 12.1 Å². The number of carbonyl (C=O) groups excluding carboxylic acids is 3. The summed E-state index contributed by atoms with van der Waals surface area (Å²) in [6.45, 7) is 12.7. The summed E-state index contributed by atoms with van der Waals surface area (Å²) in [4.78, 5) is 40.0. The van der Waals surface area contributed by atoms with Crippen LogP contribution in [0.3, 0.4) is 0 Å². The lowest BCUT2D eigenvalue weighted by atomic mass is 10.1. The molecule has 1 aliphatic heterocycles. The molecule has 1 N–H and O–H groups in total. The van der Waals surface area contributed by atoms with Gasteiger partial charge in [-0.1, -0.05) is 25.5 Å². The first-order chi connectivity index (χ1) is 16.6. The molecule has 1 aromatic carbocycles. The molecule has 1 atom stereocenters. The van der Waals surface area contributed by atoms with Gasteiger partial charge in [-0.25, -0.2) is 9.59 Å². The molecule has 0 aromatic heterocycles. The number of hydrogen-bond acceptors (Lipinski definition) is 7. The molecular weight excluding hydrogens is 450 g/mol. The predicted octanol–water partition coefficient (Wildman–Crippen LogP) is 3.67. The molecule has 1 aromatic rings. The monoisotopic (exact) mass is 491 g/mol. The number of carbonyl (C=O) groups is 3. The summed E-state index contributed by atoms with van der Waals surface area (Å²) < 4.78 is 15.6. The van der Waals surface area contributed by atoms with E-state index in [0.29, 0.717) is 19.7 Å². The summed E-state index contributed by atoms with van der Waals surface area (Å²) in [5.41, 5.74) is 1.53. The summed E-state index contributed by atoms with van der Waals surface area (Å²) in [6.07, 6.45) is 1.62. The fraction of sp³-hybridized carbons (Fsp3) is 0.654. The second-order valence-corrected chi connectivity index (χ2v) is 9.70. The van der Waals surface area contributed by atoms with Crippen LogP contribution in [0, 0.1) is 0 Å². The van der Waals surface area contributed by atoms with Crippen molar-refractivity contribution in [3.05, 3.63) is 29.8 Å². The van der Waals surface area contributed by atoms with E-state index < -0.39 is 11.7 Å². The number of rotatable bonds is 11. The van der Waals surface area contributed by atoms with Crippen molar-refractivity contribution in [1.29, 1.82) is 0 Å². The SMILES string of the molecule is CCCCOC(=O)COCCC(=O)N1CCN(c2ccc([C@H](C)NC(=O)OC(C)(C)C)cc2)CC1. The maximum absolute atomic E-state index is 12.5. The normalized spacial score (nSPS) is 14.9. The number of amides is 2. The van der Waals surface area contributed by atoms with Crippen molar-refractivity contribution in [2.75, 3.05) is 50.9 Å². The molecule has 0 bridgehead atoms. The lowest BCUT2D eigenvalue weighted by molar-refractivity contribution is -0.150. The quantitative estimate of drug-likeness (QED) is 0.373. The molecule has 0 radical (unpaired) electrons.